The summed E-state index contributed by atoms with van der Waals surface area (Å²) in [6.07, 6.45) is 0. The maximum absolute atomic E-state index is 11.7. The third-order valence-corrected chi connectivity index (χ3v) is 5.67. The zero-order valence-corrected chi connectivity index (χ0v) is 10.2. The third-order valence-electron chi connectivity index (χ3n) is 2.61. The van der Waals surface area contributed by atoms with Crippen LogP contribution in [0.5, 0.6) is 0 Å². The SMILES string of the molecule is CC(C)(C)C1C(C(C)(C)C)S1(=O)=O. The summed E-state index contributed by atoms with van der Waals surface area (Å²) in [5.41, 5.74) is -0.229. The average Bonchev–Trinajstić information content (AvgIpc) is 2.29. The molecule has 0 aromatic rings. The van der Waals surface area contributed by atoms with E-state index in [-0.39, 0.29) is 21.3 Å². The Morgan fingerprint density at radius 1 is 0.769 bits per heavy atom. The van der Waals surface area contributed by atoms with Crippen LogP contribution in [0.3, 0.4) is 0 Å². The van der Waals surface area contributed by atoms with Crippen LogP contribution in [-0.2, 0) is 9.84 Å². The number of hydrogen-bond acceptors (Lipinski definition) is 2. The molecule has 0 bridgehead atoms. The molecule has 2 unspecified atom stereocenters. The smallest absolute Gasteiger partial charge is 0.159 e. The Morgan fingerprint density at radius 2 is 1.00 bits per heavy atom. The monoisotopic (exact) mass is 204 g/mol. The lowest BCUT2D eigenvalue weighted by atomic mass is 9.81. The Morgan fingerprint density at radius 3 is 1.08 bits per heavy atom. The normalized spacial score (nSPS) is 33.1. The molecule has 1 aliphatic heterocycles. The van der Waals surface area contributed by atoms with Crippen molar-refractivity contribution in [2.24, 2.45) is 10.8 Å². The van der Waals surface area contributed by atoms with E-state index in [4.69, 9.17) is 0 Å². The van der Waals surface area contributed by atoms with Crippen LogP contribution < -0.4 is 0 Å². The molecule has 0 aromatic heterocycles. The first-order valence-electron chi connectivity index (χ1n) is 4.72. The fourth-order valence-corrected chi connectivity index (χ4v) is 5.76. The van der Waals surface area contributed by atoms with Gasteiger partial charge in [-0.15, -0.1) is 0 Å². The Bertz CT molecular complexity index is 275. The second-order valence-corrected chi connectivity index (χ2v) is 8.36. The lowest BCUT2D eigenvalue weighted by molar-refractivity contribution is 0.335. The molecule has 0 aliphatic carbocycles. The predicted molar refractivity (Wildman–Crippen MR) is 55.4 cm³/mol. The second-order valence-electron chi connectivity index (χ2n) is 6.16. The van der Waals surface area contributed by atoms with E-state index in [1.807, 2.05) is 41.5 Å². The fraction of sp³-hybridized carbons (Fsp3) is 1.00. The van der Waals surface area contributed by atoms with Gasteiger partial charge in [0.1, 0.15) is 0 Å². The van der Waals surface area contributed by atoms with E-state index in [1.54, 1.807) is 0 Å². The van der Waals surface area contributed by atoms with E-state index in [0.29, 0.717) is 0 Å². The van der Waals surface area contributed by atoms with Crippen LogP contribution in [0.25, 0.3) is 0 Å². The second kappa shape index (κ2) is 2.50. The van der Waals surface area contributed by atoms with Crippen molar-refractivity contribution >= 4 is 9.84 Å². The van der Waals surface area contributed by atoms with Gasteiger partial charge in [0.05, 0.1) is 10.5 Å². The van der Waals surface area contributed by atoms with Crippen LogP contribution in [0, 0.1) is 10.8 Å². The Hall–Kier alpha value is -0.0500. The molecular weight excluding hydrogens is 184 g/mol. The lowest BCUT2D eigenvalue weighted by Crippen LogP contribution is -2.23. The molecule has 3 heteroatoms. The molecule has 2 nitrogen and oxygen atoms in total. The highest BCUT2D eigenvalue weighted by atomic mass is 32.2. The van der Waals surface area contributed by atoms with E-state index in [0.717, 1.165) is 0 Å². The summed E-state index contributed by atoms with van der Waals surface area (Å²) < 4.78 is 23.4. The summed E-state index contributed by atoms with van der Waals surface area (Å²) in [4.78, 5) is 0. The minimum absolute atomic E-state index is 0.114. The molecule has 1 heterocycles. The molecule has 2 atom stereocenters. The zero-order chi connectivity index (χ0) is 10.7. The fourth-order valence-electron chi connectivity index (χ4n) is 2.16. The number of hydrogen-bond donors (Lipinski definition) is 0. The van der Waals surface area contributed by atoms with Crippen molar-refractivity contribution in [2.45, 2.75) is 52.0 Å². The maximum Gasteiger partial charge on any atom is 0.159 e. The molecule has 0 spiro atoms. The molecule has 0 N–H and O–H groups in total. The summed E-state index contributed by atoms with van der Waals surface area (Å²) in [6, 6.07) is 0. The van der Waals surface area contributed by atoms with Crippen molar-refractivity contribution in [3.63, 3.8) is 0 Å². The quantitative estimate of drug-likeness (QED) is 0.567. The number of sulfone groups is 1. The zero-order valence-electron chi connectivity index (χ0n) is 9.38. The minimum atomic E-state index is -2.81. The Labute approximate surface area is 81.6 Å². The van der Waals surface area contributed by atoms with Crippen molar-refractivity contribution in [3.05, 3.63) is 0 Å². The number of rotatable bonds is 0. The Balaban J connectivity index is 2.99. The first kappa shape index (κ1) is 11.0. The molecule has 1 fully saturated rings. The van der Waals surface area contributed by atoms with E-state index in [2.05, 4.69) is 0 Å². The van der Waals surface area contributed by atoms with E-state index in [1.165, 1.54) is 0 Å². The van der Waals surface area contributed by atoms with Gasteiger partial charge in [0.15, 0.2) is 9.84 Å². The van der Waals surface area contributed by atoms with Crippen molar-refractivity contribution in [2.75, 3.05) is 0 Å². The summed E-state index contributed by atoms with van der Waals surface area (Å²) in [6.45, 7) is 12.0. The largest absolute Gasteiger partial charge is 0.228 e. The first-order chi connectivity index (χ1) is 5.49. The molecule has 78 valence electrons. The molecule has 1 saturated heterocycles. The highest BCUT2D eigenvalue weighted by Gasteiger charge is 2.66. The predicted octanol–water partition coefficient (Wildman–Crippen LogP) is 2.24. The van der Waals surface area contributed by atoms with Gasteiger partial charge >= 0.3 is 0 Å². The van der Waals surface area contributed by atoms with Crippen LogP contribution >= 0.6 is 0 Å². The van der Waals surface area contributed by atoms with Crippen LogP contribution in [0.1, 0.15) is 41.5 Å². The molecule has 0 aromatic carbocycles. The topological polar surface area (TPSA) is 34.1 Å². The van der Waals surface area contributed by atoms with Crippen molar-refractivity contribution in [1.29, 1.82) is 0 Å². The summed E-state index contributed by atoms with van der Waals surface area (Å²) in [7, 11) is -2.81. The van der Waals surface area contributed by atoms with Gasteiger partial charge in [-0.1, -0.05) is 41.5 Å². The minimum Gasteiger partial charge on any atom is -0.228 e. The summed E-state index contributed by atoms with van der Waals surface area (Å²) in [5.74, 6) is 0. The van der Waals surface area contributed by atoms with Gasteiger partial charge in [0.2, 0.25) is 0 Å². The first-order valence-corrected chi connectivity index (χ1v) is 6.32. The van der Waals surface area contributed by atoms with Gasteiger partial charge < -0.3 is 0 Å². The van der Waals surface area contributed by atoms with E-state index < -0.39 is 9.84 Å². The van der Waals surface area contributed by atoms with Crippen LogP contribution in [0.15, 0.2) is 0 Å². The standard InChI is InChI=1S/C10H20O2S/c1-9(2,3)7-8(10(4,5)6)13(7,11)12/h7-8H,1-6H3. The molecule has 1 rings (SSSR count). The summed E-state index contributed by atoms with van der Waals surface area (Å²) >= 11 is 0. The Kier molecular flexibility index (Phi) is 2.12. The van der Waals surface area contributed by atoms with Gasteiger partial charge in [0, 0.05) is 0 Å². The molecule has 13 heavy (non-hydrogen) atoms. The van der Waals surface area contributed by atoms with Gasteiger partial charge in [-0.3, -0.25) is 0 Å². The van der Waals surface area contributed by atoms with E-state index in [9.17, 15) is 8.42 Å². The van der Waals surface area contributed by atoms with Gasteiger partial charge in [-0.25, -0.2) is 8.42 Å². The van der Waals surface area contributed by atoms with Gasteiger partial charge in [-0.05, 0) is 10.8 Å². The van der Waals surface area contributed by atoms with Gasteiger partial charge in [-0.2, -0.15) is 0 Å². The molecule has 0 saturated carbocycles. The molecule has 0 amide bonds. The lowest BCUT2D eigenvalue weighted by Gasteiger charge is -2.20. The van der Waals surface area contributed by atoms with Crippen LogP contribution in [0.2, 0.25) is 0 Å². The average molecular weight is 204 g/mol. The van der Waals surface area contributed by atoms with Crippen molar-refractivity contribution < 1.29 is 8.42 Å². The van der Waals surface area contributed by atoms with E-state index >= 15 is 0 Å². The molecule has 0 radical (unpaired) electrons. The molecule has 1 aliphatic rings. The van der Waals surface area contributed by atoms with Crippen molar-refractivity contribution in [1.82, 2.24) is 0 Å². The maximum atomic E-state index is 11.7. The van der Waals surface area contributed by atoms with Gasteiger partial charge in [0.25, 0.3) is 0 Å². The van der Waals surface area contributed by atoms with Crippen molar-refractivity contribution in [3.8, 4) is 0 Å². The summed E-state index contributed by atoms with van der Waals surface area (Å²) in [5, 5.41) is -0.278. The highest BCUT2D eigenvalue weighted by molar-refractivity contribution is 8.00. The third kappa shape index (κ3) is 1.76. The van der Waals surface area contributed by atoms with Crippen LogP contribution in [0.4, 0.5) is 0 Å². The highest BCUT2D eigenvalue weighted by Crippen LogP contribution is 2.52. The van der Waals surface area contributed by atoms with Crippen LogP contribution in [-0.4, -0.2) is 18.9 Å². The molecular formula is C10H20O2S.